The number of rotatable bonds is 2. The summed E-state index contributed by atoms with van der Waals surface area (Å²) in [5.41, 5.74) is 0. The van der Waals surface area contributed by atoms with Crippen LogP contribution in [0.25, 0.3) is 0 Å². The van der Waals surface area contributed by atoms with Gasteiger partial charge in [-0.25, -0.2) is 0 Å². The fourth-order valence-electron chi connectivity index (χ4n) is 2.90. The molecule has 0 aliphatic carbocycles. The monoisotopic (exact) mass is 211 g/mol. The third-order valence-corrected chi connectivity index (χ3v) is 3.97. The molecule has 0 aromatic carbocycles. The van der Waals surface area contributed by atoms with Crippen molar-refractivity contribution in [1.82, 2.24) is 15.1 Å². The van der Waals surface area contributed by atoms with Crippen molar-refractivity contribution >= 4 is 0 Å². The number of hydrogen-bond acceptors (Lipinski definition) is 3. The molecule has 15 heavy (non-hydrogen) atoms. The molecule has 2 aliphatic rings. The molecule has 3 heteroatoms. The average Bonchev–Trinajstić information content (AvgIpc) is 2.71. The van der Waals surface area contributed by atoms with Crippen LogP contribution in [0, 0.1) is 5.92 Å². The molecule has 1 N–H and O–H groups in total. The van der Waals surface area contributed by atoms with Crippen molar-refractivity contribution < 1.29 is 0 Å². The summed E-state index contributed by atoms with van der Waals surface area (Å²) in [6, 6.07) is 0.737. The minimum atomic E-state index is 0.667. The van der Waals surface area contributed by atoms with Crippen LogP contribution in [0.3, 0.4) is 0 Å². The van der Waals surface area contributed by atoms with Gasteiger partial charge in [0, 0.05) is 25.7 Å². The Hall–Kier alpha value is -0.120. The van der Waals surface area contributed by atoms with Crippen molar-refractivity contribution in [2.45, 2.75) is 38.9 Å². The molecule has 0 bridgehead atoms. The number of likely N-dealkylation sites (N-methyl/N-ethyl adjacent to an activating group) is 1. The molecular formula is C12H25N3. The van der Waals surface area contributed by atoms with Crippen LogP contribution < -0.4 is 5.32 Å². The zero-order valence-electron chi connectivity index (χ0n) is 10.4. The third-order valence-electron chi connectivity index (χ3n) is 3.97. The number of piperazine rings is 1. The minimum Gasteiger partial charge on any atom is -0.302 e. The quantitative estimate of drug-likeness (QED) is 0.734. The Bertz CT molecular complexity index is 199. The van der Waals surface area contributed by atoms with Gasteiger partial charge in [0.15, 0.2) is 0 Å². The number of nitrogens with zero attached hydrogens (tertiary/aromatic N) is 2. The highest BCUT2D eigenvalue weighted by atomic mass is 15.3. The lowest BCUT2D eigenvalue weighted by molar-refractivity contribution is 0.0393. The van der Waals surface area contributed by atoms with Crippen LogP contribution >= 0.6 is 0 Å². The Morgan fingerprint density at radius 2 is 2.07 bits per heavy atom. The maximum absolute atomic E-state index is 3.61. The molecule has 0 aromatic rings. The van der Waals surface area contributed by atoms with Gasteiger partial charge in [-0.15, -0.1) is 0 Å². The SMILES string of the molecule is CC(C)C1CN(C2CCCN2)CCN1C. The molecule has 2 saturated heterocycles. The molecule has 88 valence electrons. The molecule has 0 saturated carbocycles. The van der Waals surface area contributed by atoms with E-state index in [2.05, 4.69) is 36.0 Å². The van der Waals surface area contributed by atoms with Crippen LogP contribution in [0.15, 0.2) is 0 Å². The highest BCUT2D eigenvalue weighted by molar-refractivity contribution is 4.86. The molecule has 2 atom stereocenters. The predicted molar refractivity (Wildman–Crippen MR) is 63.9 cm³/mol. The predicted octanol–water partition coefficient (Wildman–Crippen LogP) is 0.968. The first-order valence-electron chi connectivity index (χ1n) is 6.36. The maximum atomic E-state index is 3.61. The Kier molecular flexibility index (Phi) is 3.65. The Labute approximate surface area is 93.8 Å². The van der Waals surface area contributed by atoms with Crippen LogP contribution in [-0.4, -0.2) is 55.2 Å². The van der Waals surface area contributed by atoms with Crippen molar-refractivity contribution in [3.63, 3.8) is 0 Å². The van der Waals surface area contributed by atoms with E-state index in [1.165, 1.54) is 39.0 Å². The van der Waals surface area contributed by atoms with E-state index in [9.17, 15) is 0 Å². The Morgan fingerprint density at radius 3 is 2.67 bits per heavy atom. The molecule has 0 radical (unpaired) electrons. The van der Waals surface area contributed by atoms with Crippen LogP contribution in [0.1, 0.15) is 26.7 Å². The van der Waals surface area contributed by atoms with Crippen molar-refractivity contribution in [2.75, 3.05) is 33.2 Å². The second-order valence-corrected chi connectivity index (χ2v) is 5.40. The highest BCUT2D eigenvalue weighted by Crippen LogP contribution is 2.19. The standard InChI is InChI=1S/C12H25N3/c1-10(2)11-9-15(8-7-14(11)3)12-5-4-6-13-12/h10-13H,4-9H2,1-3H3. The summed E-state index contributed by atoms with van der Waals surface area (Å²) in [6.07, 6.45) is 3.36. The van der Waals surface area contributed by atoms with Gasteiger partial charge in [-0.1, -0.05) is 13.8 Å². The van der Waals surface area contributed by atoms with E-state index < -0.39 is 0 Å². The van der Waals surface area contributed by atoms with Gasteiger partial charge >= 0.3 is 0 Å². The van der Waals surface area contributed by atoms with E-state index in [0.29, 0.717) is 6.17 Å². The van der Waals surface area contributed by atoms with Crippen molar-refractivity contribution in [3.05, 3.63) is 0 Å². The van der Waals surface area contributed by atoms with Gasteiger partial charge in [0.25, 0.3) is 0 Å². The molecule has 2 rings (SSSR count). The van der Waals surface area contributed by atoms with Crippen LogP contribution in [0.4, 0.5) is 0 Å². The Balaban J connectivity index is 1.92. The Morgan fingerprint density at radius 1 is 1.27 bits per heavy atom. The largest absolute Gasteiger partial charge is 0.302 e. The van der Waals surface area contributed by atoms with Crippen LogP contribution in [0.2, 0.25) is 0 Å². The minimum absolute atomic E-state index is 0.667. The zero-order chi connectivity index (χ0) is 10.8. The summed E-state index contributed by atoms with van der Waals surface area (Å²) in [6.45, 7) is 9.59. The first kappa shape index (κ1) is 11.4. The molecule has 0 spiro atoms. The van der Waals surface area contributed by atoms with Crippen LogP contribution in [-0.2, 0) is 0 Å². The van der Waals surface area contributed by atoms with E-state index in [-0.39, 0.29) is 0 Å². The smallest absolute Gasteiger partial charge is 0.0598 e. The van der Waals surface area contributed by atoms with E-state index >= 15 is 0 Å². The fraction of sp³-hybridized carbons (Fsp3) is 1.00. The normalized spacial score (nSPS) is 35.2. The second kappa shape index (κ2) is 4.81. The lowest BCUT2D eigenvalue weighted by atomic mass is 10.00. The molecule has 3 nitrogen and oxygen atoms in total. The second-order valence-electron chi connectivity index (χ2n) is 5.40. The molecule has 2 fully saturated rings. The van der Waals surface area contributed by atoms with E-state index in [4.69, 9.17) is 0 Å². The number of nitrogens with one attached hydrogen (secondary N) is 1. The lowest BCUT2D eigenvalue weighted by Gasteiger charge is -2.43. The topological polar surface area (TPSA) is 18.5 Å². The van der Waals surface area contributed by atoms with Gasteiger partial charge in [-0.3, -0.25) is 4.90 Å². The summed E-state index contributed by atoms with van der Waals surface area (Å²) in [5, 5.41) is 3.61. The summed E-state index contributed by atoms with van der Waals surface area (Å²) in [4.78, 5) is 5.17. The van der Waals surface area contributed by atoms with E-state index in [1.807, 2.05) is 0 Å². The first-order chi connectivity index (χ1) is 7.18. The fourth-order valence-corrected chi connectivity index (χ4v) is 2.90. The number of hydrogen-bond donors (Lipinski definition) is 1. The van der Waals surface area contributed by atoms with Crippen LogP contribution in [0.5, 0.6) is 0 Å². The molecular weight excluding hydrogens is 186 g/mol. The summed E-state index contributed by atoms with van der Waals surface area (Å²) < 4.78 is 0. The molecule has 2 unspecified atom stereocenters. The molecule has 2 heterocycles. The first-order valence-corrected chi connectivity index (χ1v) is 6.36. The van der Waals surface area contributed by atoms with Crippen molar-refractivity contribution in [1.29, 1.82) is 0 Å². The van der Waals surface area contributed by atoms with E-state index in [0.717, 1.165) is 12.0 Å². The molecule has 0 amide bonds. The van der Waals surface area contributed by atoms with Gasteiger partial charge in [-0.05, 0) is 32.4 Å². The van der Waals surface area contributed by atoms with Gasteiger partial charge in [0.1, 0.15) is 0 Å². The summed E-state index contributed by atoms with van der Waals surface area (Å²) in [5.74, 6) is 0.763. The molecule has 0 aromatic heterocycles. The average molecular weight is 211 g/mol. The van der Waals surface area contributed by atoms with Gasteiger partial charge < -0.3 is 10.2 Å². The summed E-state index contributed by atoms with van der Waals surface area (Å²) >= 11 is 0. The van der Waals surface area contributed by atoms with Crippen molar-refractivity contribution in [2.24, 2.45) is 5.92 Å². The maximum Gasteiger partial charge on any atom is 0.0598 e. The third kappa shape index (κ3) is 2.52. The van der Waals surface area contributed by atoms with Gasteiger partial charge in [-0.2, -0.15) is 0 Å². The highest BCUT2D eigenvalue weighted by Gasteiger charge is 2.31. The summed E-state index contributed by atoms with van der Waals surface area (Å²) in [7, 11) is 2.27. The van der Waals surface area contributed by atoms with Gasteiger partial charge in [0.2, 0.25) is 0 Å². The van der Waals surface area contributed by atoms with Gasteiger partial charge in [0.05, 0.1) is 6.17 Å². The zero-order valence-corrected chi connectivity index (χ0v) is 10.4. The molecule has 2 aliphatic heterocycles. The van der Waals surface area contributed by atoms with Crippen molar-refractivity contribution in [3.8, 4) is 0 Å². The van der Waals surface area contributed by atoms with E-state index in [1.54, 1.807) is 0 Å². The lowest BCUT2D eigenvalue weighted by Crippen LogP contribution is -2.58.